The number of carbonyl (C=O) groups is 1. The van der Waals surface area contributed by atoms with Crippen LogP contribution in [0.4, 0.5) is 5.69 Å². The van der Waals surface area contributed by atoms with E-state index in [9.17, 15) is 4.79 Å². The number of carboxylic acids is 1. The molecule has 0 spiro atoms. The standard InChI is InChI=1S/C12H11ClN2O2S/c1-7(11-14-4-5-18-11)15-8-2-3-9(12(16)17)10(13)6-8/h2-7,15H,1H3,(H,16,17). The number of thiazole rings is 1. The quantitative estimate of drug-likeness (QED) is 0.898. The summed E-state index contributed by atoms with van der Waals surface area (Å²) in [7, 11) is 0. The molecule has 6 heteroatoms. The van der Waals surface area contributed by atoms with Crippen molar-refractivity contribution in [2.75, 3.05) is 5.32 Å². The molecule has 4 nitrogen and oxygen atoms in total. The summed E-state index contributed by atoms with van der Waals surface area (Å²) in [5.74, 6) is -1.03. The summed E-state index contributed by atoms with van der Waals surface area (Å²) in [5, 5.41) is 15.2. The maximum Gasteiger partial charge on any atom is 0.337 e. The minimum absolute atomic E-state index is 0.0525. The van der Waals surface area contributed by atoms with Gasteiger partial charge in [-0.3, -0.25) is 0 Å². The van der Waals surface area contributed by atoms with Crippen molar-refractivity contribution >= 4 is 34.6 Å². The highest BCUT2D eigenvalue weighted by Crippen LogP contribution is 2.25. The zero-order valence-electron chi connectivity index (χ0n) is 9.55. The van der Waals surface area contributed by atoms with Gasteiger partial charge in [-0.05, 0) is 25.1 Å². The zero-order valence-corrected chi connectivity index (χ0v) is 11.1. The van der Waals surface area contributed by atoms with E-state index >= 15 is 0 Å². The lowest BCUT2D eigenvalue weighted by molar-refractivity contribution is 0.0697. The third-order valence-electron chi connectivity index (χ3n) is 2.40. The average Bonchev–Trinajstić information content (AvgIpc) is 2.81. The van der Waals surface area contributed by atoms with E-state index in [2.05, 4.69) is 10.3 Å². The molecule has 0 bridgehead atoms. The van der Waals surface area contributed by atoms with Crippen LogP contribution in [-0.4, -0.2) is 16.1 Å². The van der Waals surface area contributed by atoms with Gasteiger partial charge in [-0.25, -0.2) is 9.78 Å². The van der Waals surface area contributed by atoms with E-state index in [1.54, 1.807) is 29.7 Å². The number of rotatable bonds is 4. The van der Waals surface area contributed by atoms with Crippen LogP contribution in [0.2, 0.25) is 5.02 Å². The van der Waals surface area contributed by atoms with E-state index < -0.39 is 5.97 Å². The average molecular weight is 283 g/mol. The molecule has 0 aliphatic rings. The summed E-state index contributed by atoms with van der Waals surface area (Å²) >= 11 is 7.46. The Bertz CT molecular complexity index is 557. The number of aromatic carboxylic acids is 1. The molecule has 0 aliphatic carbocycles. The fraction of sp³-hybridized carbons (Fsp3) is 0.167. The molecule has 2 aromatic rings. The summed E-state index contributed by atoms with van der Waals surface area (Å²) in [6.45, 7) is 1.98. The number of anilines is 1. The van der Waals surface area contributed by atoms with Gasteiger partial charge < -0.3 is 10.4 Å². The van der Waals surface area contributed by atoms with Crippen LogP contribution in [0, 0.1) is 0 Å². The summed E-state index contributed by atoms with van der Waals surface area (Å²) < 4.78 is 0. The third-order valence-corrected chi connectivity index (χ3v) is 3.68. The maximum absolute atomic E-state index is 10.8. The molecular weight excluding hydrogens is 272 g/mol. The number of carboxylic acid groups (broad SMARTS) is 1. The van der Waals surface area contributed by atoms with Crippen molar-refractivity contribution in [2.45, 2.75) is 13.0 Å². The van der Waals surface area contributed by atoms with Gasteiger partial charge in [0.1, 0.15) is 5.01 Å². The molecule has 18 heavy (non-hydrogen) atoms. The highest BCUT2D eigenvalue weighted by molar-refractivity contribution is 7.09. The Balaban J connectivity index is 2.15. The van der Waals surface area contributed by atoms with Gasteiger partial charge in [0.05, 0.1) is 16.6 Å². The van der Waals surface area contributed by atoms with Crippen LogP contribution in [0.1, 0.15) is 28.3 Å². The first kappa shape index (κ1) is 12.9. The highest BCUT2D eigenvalue weighted by Gasteiger charge is 2.11. The Hall–Kier alpha value is -1.59. The van der Waals surface area contributed by atoms with Crippen molar-refractivity contribution in [1.82, 2.24) is 4.98 Å². The lowest BCUT2D eigenvalue weighted by atomic mass is 10.2. The summed E-state index contributed by atoms with van der Waals surface area (Å²) in [5.41, 5.74) is 0.872. The van der Waals surface area contributed by atoms with E-state index in [1.165, 1.54) is 6.07 Å². The molecule has 1 unspecified atom stereocenters. The number of nitrogens with one attached hydrogen (secondary N) is 1. The topological polar surface area (TPSA) is 62.2 Å². The first-order chi connectivity index (χ1) is 8.58. The van der Waals surface area contributed by atoms with E-state index in [0.717, 1.165) is 10.7 Å². The van der Waals surface area contributed by atoms with Crippen LogP contribution in [-0.2, 0) is 0 Å². The predicted octanol–water partition coefficient (Wildman–Crippen LogP) is 3.67. The molecule has 0 saturated carbocycles. The molecule has 0 saturated heterocycles. The van der Waals surface area contributed by atoms with Gasteiger partial charge in [0.15, 0.2) is 0 Å². The smallest absolute Gasteiger partial charge is 0.337 e. The summed E-state index contributed by atoms with van der Waals surface area (Å²) in [4.78, 5) is 15.0. The molecule has 94 valence electrons. The Morgan fingerprint density at radius 3 is 2.89 bits per heavy atom. The fourth-order valence-corrected chi connectivity index (χ4v) is 2.45. The summed E-state index contributed by atoms with van der Waals surface area (Å²) in [6, 6.07) is 4.84. The molecular formula is C12H11ClN2O2S. The fourth-order valence-electron chi connectivity index (χ4n) is 1.54. The largest absolute Gasteiger partial charge is 0.478 e. The van der Waals surface area contributed by atoms with Crippen molar-refractivity contribution in [3.8, 4) is 0 Å². The van der Waals surface area contributed by atoms with Crippen LogP contribution in [0.25, 0.3) is 0 Å². The first-order valence-corrected chi connectivity index (χ1v) is 6.52. The Labute approximate surface area is 113 Å². The van der Waals surface area contributed by atoms with Crippen molar-refractivity contribution in [3.63, 3.8) is 0 Å². The van der Waals surface area contributed by atoms with Crippen LogP contribution < -0.4 is 5.32 Å². The zero-order chi connectivity index (χ0) is 13.1. The molecule has 1 atom stereocenters. The van der Waals surface area contributed by atoms with Gasteiger partial charge in [0, 0.05) is 17.3 Å². The highest BCUT2D eigenvalue weighted by atomic mass is 35.5. The predicted molar refractivity (Wildman–Crippen MR) is 72.6 cm³/mol. The first-order valence-electron chi connectivity index (χ1n) is 5.26. The van der Waals surface area contributed by atoms with Crippen molar-refractivity contribution in [3.05, 3.63) is 45.4 Å². The second-order valence-corrected chi connectivity index (χ2v) is 5.07. The Kier molecular flexibility index (Phi) is 3.84. The van der Waals surface area contributed by atoms with Gasteiger partial charge >= 0.3 is 5.97 Å². The van der Waals surface area contributed by atoms with E-state index in [1.807, 2.05) is 12.3 Å². The van der Waals surface area contributed by atoms with Gasteiger partial charge in [-0.15, -0.1) is 11.3 Å². The molecule has 0 aliphatic heterocycles. The monoisotopic (exact) mass is 282 g/mol. The van der Waals surface area contributed by atoms with E-state index in [4.69, 9.17) is 16.7 Å². The molecule has 1 aromatic carbocycles. The second-order valence-electron chi connectivity index (χ2n) is 3.74. The van der Waals surface area contributed by atoms with Crippen molar-refractivity contribution < 1.29 is 9.90 Å². The minimum Gasteiger partial charge on any atom is -0.478 e. The normalized spacial score (nSPS) is 12.1. The maximum atomic E-state index is 10.8. The third kappa shape index (κ3) is 2.80. The molecule has 0 fully saturated rings. The number of nitrogens with zero attached hydrogens (tertiary/aromatic N) is 1. The minimum atomic E-state index is -1.03. The van der Waals surface area contributed by atoms with E-state index in [0.29, 0.717) is 0 Å². The van der Waals surface area contributed by atoms with Crippen LogP contribution in [0.3, 0.4) is 0 Å². The Morgan fingerprint density at radius 1 is 1.56 bits per heavy atom. The number of hydrogen-bond acceptors (Lipinski definition) is 4. The Morgan fingerprint density at radius 2 is 2.33 bits per heavy atom. The second kappa shape index (κ2) is 5.37. The summed E-state index contributed by atoms with van der Waals surface area (Å²) in [6.07, 6.45) is 1.75. The van der Waals surface area contributed by atoms with Crippen LogP contribution >= 0.6 is 22.9 Å². The molecule has 1 aromatic heterocycles. The number of benzene rings is 1. The SMILES string of the molecule is CC(Nc1ccc(C(=O)O)c(Cl)c1)c1nccs1. The molecule has 2 rings (SSSR count). The van der Waals surface area contributed by atoms with Gasteiger partial charge in [-0.2, -0.15) is 0 Å². The molecule has 0 radical (unpaired) electrons. The van der Waals surface area contributed by atoms with Crippen LogP contribution in [0.5, 0.6) is 0 Å². The van der Waals surface area contributed by atoms with Gasteiger partial charge in [0.2, 0.25) is 0 Å². The number of aromatic nitrogens is 1. The molecule has 2 N–H and O–H groups in total. The van der Waals surface area contributed by atoms with Gasteiger partial charge in [0.25, 0.3) is 0 Å². The molecule has 0 amide bonds. The van der Waals surface area contributed by atoms with Crippen molar-refractivity contribution in [1.29, 1.82) is 0 Å². The molecule has 1 heterocycles. The number of halogens is 1. The van der Waals surface area contributed by atoms with Crippen molar-refractivity contribution in [2.24, 2.45) is 0 Å². The lowest BCUT2D eigenvalue weighted by Gasteiger charge is -2.13. The lowest BCUT2D eigenvalue weighted by Crippen LogP contribution is -2.06. The van der Waals surface area contributed by atoms with E-state index in [-0.39, 0.29) is 16.6 Å². The van der Waals surface area contributed by atoms with Crippen LogP contribution in [0.15, 0.2) is 29.8 Å². The number of hydrogen-bond donors (Lipinski definition) is 2. The van der Waals surface area contributed by atoms with Gasteiger partial charge in [-0.1, -0.05) is 11.6 Å².